The van der Waals surface area contributed by atoms with Crippen LogP contribution in [0.3, 0.4) is 0 Å². The maximum absolute atomic E-state index is 14.5. The highest BCUT2D eigenvalue weighted by atomic mass is 32.2. The maximum Gasteiger partial charge on any atom is 0.264 e. The molecule has 2 saturated carbocycles. The quantitative estimate of drug-likeness (QED) is 0.782. The van der Waals surface area contributed by atoms with Crippen LogP contribution < -0.4 is 9.62 Å². The number of benzene rings is 2. The molecule has 29 heavy (non-hydrogen) atoms. The summed E-state index contributed by atoms with van der Waals surface area (Å²) in [5.41, 5.74) is 0.784. The Morgan fingerprint density at radius 2 is 1.83 bits per heavy atom. The number of nitrogens with zero attached hydrogens (tertiary/aromatic N) is 1. The van der Waals surface area contributed by atoms with Crippen LogP contribution in [-0.2, 0) is 14.8 Å². The third-order valence-electron chi connectivity index (χ3n) is 6.10. The molecule has 2 fully saturated rings. The molecule has 7 heteroatoms. The maximum atomic E-state index is 14.5. The Morgan fingerprint density at radius 1 is 1.10 bits per heavy atom. The van der Waals surface area contributed by atoms with Gasteiger partial charge in [0.25, 0.3) is 10.0 Å². The smallest absolute Gasteiger partial charge is 0.264 e. The van der Waals surface area contributed by atoms with E-state index in [2.05, 4.69) is 5.32 Å². The molecular formula is C22H25FN2O3S. The highest BCUT2D eigenvalue weighted by molar-refractivity contribution is 7.92. The van der Waals surface area contributed by atoms with Gasteiger partial charge in [0, 0.05) is 6.04 Å². The minimum absolute atomic E-state index is 0.0269. The second-order valence-corrected chi connectivity index (χ2v) is 9.99. The van der Waals surface area contributed by atoms with Crippen LogP contribution >= 0.6 is 0 Å². The van der Waals surface area contributed by atoms with Crippen molar-refractivity contribution in [2.24, 2.45) is 11.8 Å². The molecule has 0 aliphatic heterocycles. The molecule has 2 aliphatic carbocycles. The number of hydrogen-bond acceptors (Lipinski definition) is 3. The molecule has 2 aromatic rings. The van der Waals surface area contributed by atoms with Crippen molar-refractivity contribution < 1.29 is 17.6 Å². The normalized spacial score (nSPS) is 23.2. The van der Waals surface area contributed by atoms with E-state index in [0.717, 1.165) is 29.1 Å². The Balaban J connectivity index is 1.61. The molecule has 0 saturated heterocycles. The summed E-state index contributed by atoms with van der Waals surface area (Å²) in [5, 5.41) is 3.00. The molecule has 4 rings (SSSR count). The van der Waals surface area contributed by atoms with Gasteiger partial charge in [-0.15, -0.1) is 0 Å². The number of para-hydroxylation sites is 1. The van der Waals surface area contributed by atoms with Gasteiger partial charge in [-0.3, -0.25) is 9.10 Å². The largest absolute Gasteiger partial charge is 0.352 e. The molecule has 1 amide bonds. The van der Waals surface area contributed by atoms with Crippen LogP contribution in [0.1, 0.15) is 31.2 Å². The monoisotopic (exact) mass is 416 g/mol. The number of halogens is 1. The van der Waals surface area contributed by atoms with Crippen molar-refractivity contribution in [2.45, 2.75) is 43.5 Å². The average molecular weight is 417 g/mol. The summed E-state index contributed by atoms with van der Waals surface area (Å²) in [7, 11) is -4.10. The van der Waals surface area contributed by atoms with Crippen LogP contribution in [0.15, 0.2) is 53.4 Å². The average Bonchev–Trinajstić information content (AvgIpc) is 3.30. The van der Waals surface area contributed by atoms with Gasteiger partial charge in [0.1, 0.15) is 12.4 Å². The van der Waals surface area contributed by atoms with Gasteiger partial charge in [-0.25, -0.2) is 12.8 Å². The summed E-state index contributed by atoms with van der Waals surface area (Å²) in [6.45, 7) is 1.40. The van der Waals surface area contributed by atoms with E-state index in [9.17, 15) is 17.6 Å². The van der Waals surface area contributed by atoms with Gasteiger partial charge in [0.05, 0.1) is 10.6 Å². The third-order valence-corrected chi connectivity index (χ3v) is 7.88. The topological polar surface area (TPSA) is 66.5 Å². The Kier molecular flexibility index (Phi) is 5.34. The number of aryl methyl sites for hydroxylation is 1. The summed E-state index contributed by atoms with van der Waals surface area (Å²) in [6, 6.07) is 12.0. The first-order chi connectivity index (χ1) is 13.8. The number of fused-ring (bicyclic) bond motifs is 2. The number of anilines is 1. The van der Waals surface area contributed by atoms with Crippen molar-refractivity contribution in [2.75, 3.05) is 10.8 Å². The summed E-state index contributed by atoms with van der Waals surface area (Å²) in [4.78, 5) is 12.8. The number of carbonyl (C=O) groups excluding carboxylic acids is 1. The molecule has 0 spiro atoms. The lowest BCUT2D eigenvalue weighted by atomic mass is 9.95. The number of amides is 1. The van der Waals surface area contributed by atoms with Crippen LogP contribution in [0.2, 0.25) is 0 Å². The van der Waals surface area contributed by atoms with E-state index < -0.39 is 28.3 Å². The van der Waals surface area contributed by atoms with Gasteiger partial charge < -0.3 is 5.32 Å². The molecule has 154 valence electrons. The van der Waals surface area contributed by atoms with Crippen molar-refractivity contribution in [1.29, 1.82) is 0 Å². The van der Waals surface area contributed by atoms with Crippen LogP contribution in [0.4, 0.5) is 10.1 Å². The lowest BCUT2D eigenvalue weighted by Gasteiger charge is -2.27. The Bertz CT molecular complexity index is 1010. The molecule has 2 bridgehead atoms. The van der Waals surface area contributed by atoms with Crippen molar-refractivity contribution in [3.8, 4) is 0 Å². The van der Waals surface area contributed by atoms with E-state index in [1.165, 1.54) is 36.8 Å². The van der Waals surface area contributed by atoms with Crippen LogP contribution in [-0.4, -0.2) is 26.9 Å². The zero-order chi connectivity index (χ0) is 20.6. The van der Waals surface area contributed by atoms with Gasteiger partial charge in [-0.1, -0.05) is 36.2 Å². The number of carbonyl (C=O) groups is 1. The van der Waals surface area contributed by atoms with Gasteiger partial charge >= 0.3 is 0 Å². The summed E-state index contributed by atoms with van der Waals surface area (Å²) in [6.07, 6.45) is 4.39. The van der Waals surface area contributed by atoms with E-state index in [4.69, 9.17) is 0 Å². The Morgan fingerprint density at radius 3 is 2.45 bits per heavy atom. The molecule has 3 atom stereocenters. The lowest BCUT2D eigenvalue weighted by Crippen LogP contribution is -2.46. The van der Waals surface area contributed by atoms with E-state index >= 15 is 0 Å². The second kappa shape index (κ2) is 7.78. The van der Waals surface area contributed by atoms with Gasteiger partial charge in [-0.05, 0) is 62.3 Å². The molecule has 0 unspecified atom stereocenters. The molecule has 0 radical (unpaired) electrons. The molecule has 0 heterocycles. The first-order valence-electron chi connectivity index (χ1n) is 9.98. The zero-order valence-electron chi connectivity index (χ0n) is 16.3. The second-order valence-electron chi connectivity index (χ2n) is 8.13. The van der Waals surface area contributed by atoms with Crippen molar-refractivity contribution in [1.82, 2.24) is 5.32 Å². The van der Waals surface area contributed by atoms with Crippen LogP contribution in [0.5, 0.6) is 0 Å². The summed E-state index contributed by atoms with van der Waals surface area (Å²) in [5.74, 6) is 0.0428. The summed E-state index contributed by atoms with van der Waals surface area (Å²) >= 11 is 0. The predicted molar refractivity (Wildman–Crippen MR) is 109 cm³/mol. The number of rotatable bonds is 6. The number of nitrogens with one attached hydrogen (secondary N) is 1. The fraction of sp³-hybridized carbons (Fsp3) is 0.409. The fourth-order valence-corrected chi connectivity index (χ4v) is 6.02. The molecular weight excluding hydrogens is 391 g/mol. The molecule has 1 N–H and O–H groups in total. The fourth-order valence-electron chi connectivity index (χ4n) is 4.60. The highest BCUT2D eigenvalue weighted by Gasteiger charge is 2.40. The first kappa shape index (κ1) is 19.9. The third kappa shape index (κ3) is 4.01. The molecule has 2 aromatic carbocycles. The van der Waals surface area contributed by atoms with E-state index in [0.29, 0.717) is 11.8 Å². The van der Waals surface area contributed by atoms with E-state index in [1.807, 2.05) is 6.92 Å². The minimum Gasteiger partial charge on any atom is -0.352 e. The van der Waals surface area contributed by atoms with Crippen molar-refractivity contribution in [3.05, 3.63) is 59.9 Å². The number of sulfonamides is 1. The Hall–Kier alpha value is -2.41. The van der Waals surface area contributed by atoms with E-state index in [-0.39, 0.29) is 16.6 Å². The van der Waals surface area contributed by atoms with Crippen molar-refractivity contribution >= 4 is 21.6 Å². The minimum atomic E-state index is -4.10. The standard InChI is InChI=1S/C22H25FN2O3S/c1-15-6-10-18(11-7-15)29(27,28)25(21-5-3-2-4-19(21)23)14-22(26)24-20-13-16-8-9-17(20)12-16/h2-7,10-11,16-17,20H,8-9,12-14H2,1H3,(H,24,26)/t16-,17+,20+/m1/s1. The lowest BCUT2D eigenvalue weighted by molar-refractivity contribution is -0.120. The van der Waals surface area contributed by atoms with Crippen molar-refractivity contribution in [3.63, 3.8) is 0 Å². The molecule has 0 aromatic heterocycles. The first-order valence-corrected chi connectivity index (χ1v) is 11.4. The van der Waals surface area contributed by atoms with E-state index in [1.54, 1.807) is 18.2 Å². The SMILES string of the molecule is Cc1ccc(S(=O)(=O)N(CC(=O)N[C@H]2C[C@@H]3CC[C@H]2C3)c2ccccc2F)cc1. The number of hydrogen-bond donors (Lipinski definition) is 1. The van der Waals surface area contributed by atoms with Crippen LogP contribution in [0, 0.1) is 24.6 Å². The predicted octanol–water partition coefficient (Wildman–Crippen LogP) is 3.63. The zero-order valence-corrected chi connectivity index (χ0v) is 17.2. The molecule has 2 aliphatic rings. The van der Waals surface area contributed by atoms with Gasteiger partial charge in [-0.2, -0.15) is 0 Å². The highest BCUT2D eigenvalue weighted by Crippen LogP contribution is 2.44. The van der Waals surface area contributed by atoms with Crippen LogP contribution in [0.25, 0.3) is 0 Å². The van der Waals surface area contributed by atoms with Gasteiger partial charge in [0.2, 0.25) is 5.91 Å². The summed E-state index contributed by atoms with van der Waals surface area (Å²) < 4.78 is 41.9. The van der Waals surface area contributed by atoms with Gasteiger partial charge in [0.15, 0.2) is 0 Å². The Labute approximate surface area is 171 Å². The molecule has 5 nitrogen and oxygen atoms in total.